The zero-order valence-electron chi connectivity index (χ0n) is 18.4. The Balaban J connectivity index is 2.23. The first kappa shape index (κ1) is 9.89. The molecule has 4 rings (SSSR count). The van der Waals surface area contributed by atoms with Crippen molar-refractivity contribution in [1.29, 1.82) is 0 Å². The maximum absolute atomic E-state index is 8.42. The molecule has 23 heavy (non-hydrogen) atoms. The van der Waals surface area contributed by atoms with E-state index < -0.39 is 0 Å². The maximum Gasteiger partial charge on any atom is 0.0629 e. The highest BCUT2D eigenvalue weighted by Crippen LogP contribution is 2.43. The van der Waals surface area contributed by atoms with E-state index in [1.165, 1.54) is 5.56 Å². The van der Waals surface area contributed by atoms with Crippen LogP contribution in [0.15, 0.2) is 66.6 Å². The van der Waals surface area contributed by atoms with Gasteiger partial charge in [0.15, 0.2) is 0 Å². The summed E-state index contributed by atoms with van der Waals surface area (Å²) in [6.45, 7) is 6.50. The van der Waals surface area contributed by atoms with Crippen LogP contribution in [-0.2, 0) is 5.41 Å². The van der Waals surface area contributed by atoms with Crippen LogP contribution >= 0.6 is 11.3 Å². The lowest BCUT2D eigenvalue weighted by Gasteiger charge is -2.21. The number of rotatable bonds is 1. The van der Waals surface area contributed by atoms with Gasteiger partial charge in [-0.2, -0.15) is 0 Å². The van der Waals surface area contributed by atoms with E-state index in [-0.39, 0.29) is 41.2 Å². The summed E-state index contributed by atoms with van der Waals surface area (Å²) in [5.74, 6) is 0. The molecule has 0 radical (unpaired) electrons. The van der Waals surface area contributed by atoms with Gasteiger partial charge in [0.1, 0.15) is 0 Å². The molecule has 4 aromatic rings. The molecular weight excluding hydrogens is 296 g/mol. The number of hydrogen-bond donors (Lipinski definition) is 0. The predicted octanol–water partition coefficient (Wildman–Crippen LogP) is 7.02. The summed E-state index contributed by atoms with van der Waals surface area (Å²) in [5.41, 5.74) is 2.06. The molecule has 0 saturated heterocycles. The minimum atomic E-state index is -0.364. The zero-order chi connectivity index (χ0) is 20.4. The van der Waals surface area contributed by atoms with Gasteiger partial charge in [0.05, 0.1) is 6.85 Å². The third-order valence-electron chi connectivity index (χ3n) is 4.10. The molecule has 0 atom stereocenters. The molecule has 1 aromatic heterocycles. The Hall–Kier alpha value is -2.12. The van der Waals surface area contributed by atoms with E-state index in [2.05, 4.69) is 39.0 Å². The average molecular weight is 321 g/mol. The van der Waals surface area contributed by atoms with Crippen LogP contribution in [0.1, 0.15) is 33.2 Å². The summed E-state index contributed by atoms with van der Waals surface area (Å²) in [6, 6.07) is 10.8. The zero-order valence-corrected chi connectivity index (χ0v) is 14.2. The summed E-state index contributed by atoms with van der Waals surface area (Å²) >= 11 is 1.67. The standard InChI is InChI=1S/C22H20S/c1-22(2,3)17-12-8-14-19-21(17)20-16(11-7-13-18(20)23-19)15-9-5-4-6-10-15/h4-14H,1-3H3/i4D,5D,6D,9D,10D. The second-order valence-corrected chi connectivity index (χ2v) is 7.79. The summed E-state index contributed by atoms with van der Waals surface area (Å²) in [7, 11) is 0. The Bertz CT molecular complexity index is 1220. The smallest absolute Gasteiger partial charge is 0.0629 e. The van der Waals surface area contributed by atoms with Crippen molar-refractivity contribution < 1.29 is 6.85 Å². The van der Waals surface area contributed by atoms with E-state index in [1.807, 2.05) is 18.2 Å². The van der Waals surface area contributed by atoms with Crippen LogP contribution in [0.25, 0.3) is 31.3 Å². The lowest BCUT2D eigenvalue weighted by Crippen LogP contribution is -2.11. The molecule has 0 N–H and O–H groups in total. The third-order valence-corrected chi connectivity index (χ3v) is 5.22. The first-order valence-corrected chi connectivity index (χ1v) is 8.46. The quantitative estimate of drug-likeness (QED) is 0.353. The van der Waals surface area contributed by atoms with Gasteiger partial charge in [-0.3, -0.25) is 0 Å². The van der Waals surface area contributed by atoms with Crippen LogP contribution in [-0.4, -0.2) is 0 Å². The van der Waals surface area contributed by atoms with Crippen LogP contribution in [0.2, 0.25) is 0 Å². The molecule has 114 valence electrons. The summed E-state index contributed by atoms with van der Waals surface area (Å²) in [4.78, 5) is 0. The highest BCUT2D eigenvalue weighted by Gasteiger charge is 2.20. The normalized spacial score (nSPS) is 15.2. The molecule has 1 heterocycles. The van der Waals surface area contributed by atoms with Crippen molar-refractivity contribution in [1.82, 2.24) is 0 Å². The molecule has 3 aromatic carbocycles. The number of hydrogen-bond acceptors (Lipinski definition) is 1. The van der Waals surface area contributed by atoms with Crippen LogP contribution in [0.5, 0.6) is 0 Å². The largest absolute Gasteiger partial charge is 0.135 e. The van der Waals surface area contributed by atoms with Crippen molar-refractivity contribution in [3.8, 4) is 11.1 Å². The molecule has 0 aliphatic carbocycles. The molecule has 0 spiro atoms. The van der Waals surface area contributed by atoms with Gasteiger partial charge in [-0.05, 0) is 34.2 Å². The van der Waals surface area contributed by atoms with Gasteiger partial charge < -0.3 is 0 Å². The first-order chi connectivity index (χ1) is 13.1. The fourth-order valence-electron chi connectivity index (χ4n) is 3.08. The molecule has 0 saturated carbocycles. The van der Waals surface area contributed by atoms with Crippen molar-refractivity contribution in [3.63, 3.8) is 0 Å². The second-order valence-electron chi connectivity index (χ2n) is 6.71. The minimum absolute atomic E-state index is 0.0829. The molecule has 0 bridgehead atoms. The maximum atomic E-state index is 8.42. The molecule has 0 nitrogen and oxygen atoms in total. The molecule has 0 unspecified atom stereocenters. The molecule has 0 aliphatic heterocycles. The van der Waals surface area contributed by atoms with E-state index in [0.29, 0.717) is 5.56 Å². The molecule has 1 heteroatoms. The topological polar surface area (TPSA) is 0 Å². The first-order valence-electron chi connectivity index (χ1n) is 10.1. The van der Waals surface area contributed by atoms with Gasteiger partial charge in [-0.25, -0.2) is 0 Å². The Morgan fingerprint density at radius 3 is 2.17 bits per heavy atom. The van der Waals surface area contributed by atoms with Crippen molar-refractivity contribution in [3.05, 3.63) is 72.2 Å². The number of fused-ring (bicyclic) bond motifs is 3. The Morgan fingerprint density at radius 1 is 0.826 bits per heavy atom. The van der Waals surface area contributed by atoms with Gasteiger partial charge in [0, 0.05) is 20.2 Å². The van der Waals surface area contributed by atoms with Crippen LogP contribution in [0, 0.1) is 0 Å². The van der Waals surface area contributed by atoms with Crippen LogP contribution in [0.3, 0.4) is 0 Å². The van der Waals surface area contributed by atoms with E-state index >= 15 is 0 Å². The molecule has 0 amide bonds. The third kappa shape index (κ3) is 2.36. The van der Waals surface area contributed by atoms with Gasteiger partial charge in [-0.15, -0.1) is 11.3 Å². The fourth-order valence-corrected chi connectivity index (χ4v) is 4.24. The summed E-state index contributed by atoms with van der Waals surface area (Å²) in [5, 5.41) is 2.07. The summed E-state index contributed by atoms with van der Waals surface area (Å²) in [6.07, 6.45) is 0. The van der Waals surface area contributed by atoms with Crippen molar-refractivity contribution in [2.24, 2.45) is 0 Å². The monoisotopic (exact) mass is 321 g/mol. The van der Waals surface area contributed by atoms with E-state index in [0.717, 1.165) is 20.2 Å². The molecular formula is C22H20S. The highest BCUT2D eigenvalue weighted by atomic mass is 32.1. The predicted molar refractivity (Wildman–Crippen MR) is 103 cm³/mol. The van der Waals surface area contributed by atoms with E-state index in [9.17, 15) is 0 Å². The van der Waals surface area contributed by atoms with Crippen molar-refractivity contribution in [2.75, 3.05) is 0 Å². The highest BCUT2D eigenvalue weighted by molar-refractivity contribution is 7.26. The van der Waals surface area contributed by atoms with Crippen molar-refractivity contribution in [2.45, 2.75) is 26.2 Å². The lowest BCUT2D eigenvalue weighted by atomic mass is 9.83. The van der Waals surface area contributed by atoms with Gasteiger partial charge >= 0.3 is 0 Å². The van der Waals surface area contributed by atoms with Crippen LogP contribution in [0.4, 0.5) is 0 Å². The second kappa shape index (κ2) is 5.21. The number of benzene rings is 3. The molecule has 0 fully saturated rings. The SMILES string of the molecule is [2H]c1c([2H])c([2H])c(-c2cccc3sc4cccc(C(C)(C)C)c4c23)c([2H])c1[2H]. The minimum Gasteiger partial charge on any atom is -0.135 e. The number of thiophene rings is 1. The summed E-state index contributed by atoms with van der Waals surface area (Å²) < 4.78 is 43.0. The lowest BCUT2D eigenvalue weighted by molar-refractivity contribution is 0.596. The Morgan fingerprint density at radius 2 is 1.48 bits per heavy atom. The fraction of sp³-hybridized carbons (Fsp3) is 0.182. The Labute approximate surface area is 148 Å². The Kier molecular flexibility index (Phi) is 2.24. The molecule has 0 aliphatic rings. The van der Waals surface area contributed by atoms with Crippen molar-refractivity contribution >= 4 is 31.5 Å². The van der Waals surface area contributed by atoms with E-state index in [4.69, 9.17) is 6.85 Å². The van der Waals surface area contributed by atoms with E-state index in [1.54, 1.807) is 11.3 Å². The average Bonchev–Trinajstić information content (AvgIpc) is 3.03. The van der Waals surface area contributed by atoms with Crippen LogP contribution < -0.4 is 0 Å². The van der Waals surface area contributed by atoms with Gasteiger partial charge in [-0.1, -0.05) is 75.2 Å². The van der Waals surface area contributed by atoms with Gasteiger partial charge in [0.25, 0.3) is 0 Å². The van der Waals surface area contributed by atoms with Gasteiger partial charge in [0.2, 0.25) is 0 Å².